The maximum atomic E-state index is 12.6. The molecule has 6 heteroatoms. The quantitative estimate of drug-likeness (QED) is 0.859. The van der Waals surface area contributed by atoms with E-state index in [1.165, 1.54) is 0 Å². The van der Waals surface area contributed by atoms with Crippen LogP contribution in [0.25, 0.3) is 0 Å². The molecule has 0 radical (unpaired) electrons. The Hall–Kier alpha value is -1.92. The zero-order valence-electron chi connectivity index (χ0n) is 14.7. The summed E-state index contributed by atoms with van der Waals surface area (Å²) < 4.78 is 0. The summed E-state index contributed by atoms with van der Waals surface area (Å²) >= 11 is 0. The lowest BCUT2D eigenvalue weighted by atomic mass is 9.89. The summed E-state index contributed by atoms with van der Waals surface area (Å²) in [5, 5.41) is 10.2. The van der Waals surface area contributed by atoms with Crippen LogP contribution in [-0.4, -0.2) is 65.5 Å². The van der Waals surface area contributed by atoms with Crippen LogP contribution in [0.3, 0.4) is 0 Å². The number of primary amides is 1. The minimum atomic E-state index is -0.536. The number of aliphatic hydroxyl groups is 1. The van der Waals surface area contributed by atoms with Crippen molar-refractivity contribution >= 4 is 11.8 Å². The summed E-state index contributed by atoms with van der Waals surface area (Å²) in [6.45, 7) is 9.34. The van der Waals surface area contributed by atoms with Gasteiger partial charge in [-0.1, -0.05) is 26.8 Å². The maximum Gasteiger partial charge on any atom is 0.253 e. The van der Waals surface area contributed by atoms with Gasteiger partial charge in [-0.15, -0.1) is 0 Å². The van der Waals surface area contributed by atoms with E-state index in [9.17, 15) is 14.7 Å². The molecule has 0 spiro atoms. The van der Waals surface area contributed by atoms with Gasteiger partial charge in [0.05, 0.1) is 6.10 Å². The largest absolute Gasteiger partial charge is 0.391 e. The van der Waals surface area contributed by atoms with Crippen molar-refractivity contribution in [2.75, 3.05) is 32.7 Å². The summed E-state index contributed by atoms with van der Waals surface area (Å²) in [6.07, 6.45) is -0.396. The highest BCUT2D eigenvalue weighted by atomic mass is 16.3. The Kier molecular flexibility index (Phi) is 5.62. The van der Waals surface area contributed by atoms with Gasteiger partial charge >= 0.3 is 0 Å². The van der Waals surface area contributed by atoms with E-state index in [-0.39, 0.29) is 11.3 Å². The molecule has 1 saturated heterocycles. The first-order valence-electron chi connectivity index (χ1n) is 8.28. The molecule has 1 atom stereocenters. The number of aliphatic hydroxyl groups excluding tert-OH is 1. The van der Waals surface area contributed by atoms with Crippen molar-refractivity contribution in [1.82, 2.24) is 9.80 Å². The van der Waals surface area contributed by atoms with Gasteiger partial charge < -0.3 is 15.7 Å². The van der Waals surface area contributed by atoms with Gasteiger partial charge in [-0.2, -0.15) is 0 Å². The van der Waals surface area contributed by atoms with Crippen LogP contribution in [0.5, 0.6) is 0 Å². The molecule has 2 rings (SSSR count). The fourth-order valence-corrected chi connectivity index (χ4v) is 2.64. The molecule has 1 aliphatic heterocycles. The highest BCUT2D eigenvalue weighted by molar-refractivity contribution is 5.99. The van der Waals surface area contributed by atoms with Gasteiger partial charge in [0.25, 0.3) is 5.91 Å². The molecule has 24 heavy (non-hydrogen) atoms. The van der Waals surface area contributed by atoms with Crippen LogP contribution in [0, 0.1) is 5.41 Å². The molecule has 6 nitrogen and oxygen atoms in total. The van der Waals surface area contributed by atoms with E-state index in [1.54, 1.807) is 29.2 Å². The summed E-state index contributed by atoms with van der Waals surface area (Å²) in [5.41, 5.74) is 5.94. The lowest BCUT2D eigenvalue weighted by Crippen LogP contribution is -2.51. The monoisotopic (exact) mass is 333 g/mol. The summed E-state index contributed by atoms with van der Waals surface area (Å²) in [6, 6.07) is 6.51. The fourth-order valence-electron chi connectivity index (χ4n) is 2.64. The molecule has 0 saturated carbocycles. The standard InChI is InChI=1S/C18H27N3O3/c1-18(2,3)15(22)12-20-7-9-21(10-8-20)17(24)14-6-4-5-13(11-14)16(19)23/h4-6,11,15,22H,7-10,12H2,1-3H3,(H2,19,23)/t15-/m0/s1. The second-order valence-electron chi connectivity index (χ2n) is 7.42. The van der Waals surface area contributed by atoms with Crippen molar-refractivity contribution in [1.29, 1.82) is 0 Å². The fraction of sp³-hybridized carbons (Fsp3) is 0.556. The third-order valence-electron chi connectivity index (χ3n) is 4.48. The van der Waals surface area contributed by atoms with Crippen LogP contribution < -0.4 is 5.73 Å². The molecule has 0 bridgehead atoms. The Morgan fingerprint density at radius 3 is 2.29 bits per heavy atom. The van der Waals surface area contributed by atoms with E-state index in [2.05, 4.69) is 4.90 Å². The Morgan fingerprint density at radius 2 is 1.75 bits per heavy atom. The second-order valence-corrected chi connectivity index (χ2v) is 7.42. The number of piperazine rings is 1. The number of carbonyl (C=O) groups is 2. The average Bonchev–Trinajstić information content (AvgIpc) is 2.54. The molecule has 1 aromatic carbocycles. The molecule has 3 N–H and O–H groups in total. The van der Waals surface area contributed by atoms with E-state index < -0.39 is 12.0 Å². The van der Waals surface area contributed by atoms with Crippen LogP contribution in [0.1, 0.15) is 41.5 Å². The Bertz CT molecular complexity index is 602. The lowest BCUT2D eigenvalue weighted by molar-refractivity contribution is 0.0137. The average molecular weight is 333 g/mol. The van der Waals surface area contributed by atoms with Crippen molar-refractivity contribution in [2.24, 2.45) is 11.1 Å². The normalized spacial score (nSPS) is 17.6. The number of nitrogens with two attached hydrogens (primary N) is 1. The molecule has 1 aromatic rings. The van der Waals surface area contributed by atoms with Crippen molar-refractivity contribution in [2.45, 2.75) is 26.9 Å². The van der Waals surface area contributed by atoms with E-state index in [0.29, 0.717) is 30.8 Å². The van der Waals surface area contributed by atoms with Crippen LogP contribution in [0.2, 0.25) is 0 Å². The first-order chi connectivity index (χ1) is 11.2. The Balaban J connectivity index is 1.93. The highest BCUT2D eigenvalue weighted by Gasteiger charge is 2.28. The van der Waals surface area contributed by atoms with E-state index in [4.69, 9.17) is 5.73 Å². The maximum absolute atomic E-state index is 12.6. The van der Waals surface area contributed by atoms with E-state index in [1.807, 2.05) is 20.8 Å². The van der Waals surface area contributed by atoms with Gasteiger partial charge in [0, 0.05) is 43.9 Å². The van der Waals surface area contributed by atoms with E-state index >= 15 is 0 Å². The number of hydrogen-bond acceptors (Lipinski definition) is 4. The minimum Gasteiger partial charge on any atom is -0.391 e. The van der Waals surface area contributed by atoms with Crippen molar-refractivity contribution in [3.63, 3.8) is 0 Å². The molecule has 1 fully saturated rings. The molecular weight excluding hydrogens is 306 g/mol. The minimum absolute atomic E-state index is 0.0888. The lowest BCUT2D eigenvalue weighted by Gasteiger charge is -2.38. The number of rotatable bonds is 4. The van der Waals surface area contributed by atoms with Crippen LogP contribution in [0.4, 0.5) is 0 Å². The van der Waals surface area contributed by atoms with Crippen LogP contribution in [-0.2, 0) is 0 Å². The highest BCUT2D eigenvalue weighted by Crippen LogP contribution is 2.20. The number of amides is 2. The zero-order valence-corrected chi connectivity index (χ0v) is 14.7. The molecule has 0 aliphatic carbocycles. The number of nitrogens with zero attached hydrogens (tertiary/aromatic N) is 2. The topological polar surface area (TPSA) is 86.9 Å². The van der Waals surface area contributed by atoms with Gasteiger partial charge in [-0.3, -0.25) is 14.5 Å². The van der Waals surface area contributed by atoms with E-state index in [0.717, 1.165) is 13.1 Å². The summed E-state index contributed by atoms with van der Waals surface area (Å²) in [4.78, 5) is 27.8. The van der Waals surface area contributed by atoms with Crippen molar-refractivity contribution in [3.8, 4) is 0 Å². The first-order valence-corrected chi connectivity index (χ1v) is 8.28. The number of hydrogen-bond donors (Lipinski definition) is 2. The predicted molar refractivity (Wildman–Crippen MR) is 92.8 cm³/mol. The summed E-state index contributed by atoms with van der Waals surface area (Å²) in [7, 11) is 0. The molecule has 1 aliphatic rings. The third-order valence-corrected chi connectivity index (χ3v) is 4.48. The summed E-state index contributed by atoms with van der Waals surface area (Å²) in [5.74, 6) is -0.625. The van der Waals surface area contributed by atoms with Gasteiger partial charge in [-0.05, 0) is 23.6 Å². The first kappa shape index (κ1) is 18.4. The number of benzene rings is 1. The van der Waals surface area contributed by atoms with Gasteiger partial charge in [0.15, 0.2) is 0 Å². The van der Waals surface area contributed by atoms with Crippen LogP contribution >= 0.6 is 0 Å². The molecule has 132 valence electrons. The Morgan fingerprint density at radius 1 is 1.17 bits per heavy atom. The van der Waals surface area contributed by atoms with Gasteiger partial charge in [-0.25, -0.2) is 0 Å². The SMILES string of the molecule is CC(C)(C)[C@@H](O)CN1CCN(C(=O)c2cccc(C(N)=O)c2)CC1. The van der Waals surface area contributed by atoms with Gasteiger partial charge in [0.1, 0.15) is 0 Å². The smallest absolute Gasteiger partial charge is 0.253 e. The van der Waals surface area contributed by atoms with Gasteiger partial charge in [0.2, 0.25) is 5.91 Å². The molecule has 1 heterocycles. The molecule has 0 aromatic heterocycles. The molecule has 0 unspecified atom stereocenters. The predicted octanol–water partition coefficient (Wildman–Crippen LogP) is 0.950. The second kappa shape index (κ2) is 7.32. The molecular formula is C18H27N3O3. The van der Waals surface area contributed by atoms with Crippen molar-refractivity contribution < 1.29 is 14.7 Å². The number of carbonyl (C=O) groups excluding carboxylic acids is 2. The van der Waals surface area contributed by atoms with Crippen LogP contribution in [0.15, 0.2) is 24.3 Å². The van der Waals surface area contributed by atoms with Crippen molar-refractivity contribution in [3.05, 3.63) is 35.4 Å². The zero-order chi connectivity index (χ0) is 17.9. The third kappa shape index (κ3) is 4.55. The molecule has 2 amide bonds. The Labute approximate surface area is 143 Å². The number of β-amino-alcohol motifs (C(OH)–C–C–N with tert-alkyl or cyclic N) is 1.